The zero-order valence-corrected chi connectivity index (χ0v) is 7.76. The van der Waals surface area contributed by atoms with Crippen molar-refractivity contribution in [2.45, 2.75) is 51.0 Å². The fraction of sp³-hybridized carbons (Fsp3) is 0.818. The summed E-state index contributed by atoms with van der Waals surface area (Å²) in [7, 11) is 0. The lowest BCUT2D eigenvalue weighted by Crippen LogP contribution is -2.23. The normalized spacial score (nSPS) is 30.4. The molecule has 0 radical (unpaired) electrons. The molecule has 0 atom stereocenters. The number of rotatable bonds is 2. The van der Waals surface area contributed by atoms with Gasteiger partial charge in [-0.05, 0) is 50.9 Å². The second kappa shape index (κ2) is 3.61. The molecule has 12 heavy (non-hydrogen) atoms. The van der Waals surface area contributed by atoms with Crippen molar-refractivity contribution in [2.24, 2.45) is 11.7 Å². The molecular formula is C11H19N. The summed E-state index contributed by atoms with van der Waals surface area (Å²) in [6.07, 6.45) is 11.8. The molecule has 2 aliphatic rings. The first-order valence-electron chi connectivity index (χ1n) is 5.28. The Hall–Kier alpha value is -0.300. The topological polar surface area (TPSA) is 26.0 Å². The van der Waals surface area contributed by atoms with Crippen molar-refractivity contribution in [1.82, 2.24) is 0 Å². The van der Waals surface area contributed by atoms with Crippen molar-refractivity contribution < 1.29 is 0 Å². The number of allylic oxidation sites excluding steroid dienone is 2. The Balaban J connectivity index is 1.75. The zero-order chi connectivity index (χ0) is 8.39. The molecule has 68 valence electrons. The molecule has 0 amide bonds. The van der Waals surface area contributed by atoms with Gasteiger partial charge in [-0.15, -0.1) is 0 Å². The largest absolute Gasteiger partial charge is 0.328 e. The van der Waals surface area contributed by atoms with Crippen LogP contribution in [-0.2, 0) is 0 Å². The van der Waals surface area contributed by atoms with Crippen LogP contribution in [0.2, 0.25) is 0 Å². The molecule has 1 heteroatoms. The van der Waals surface area contributed by atoms with Crippen molar-refractivity contribution in [1.29, 1.82) is 0 Å². The van der Waals surface area contributed by atoms with Gasteiger partial charge in [0.25, 0.3) is 0 Å². The molecule has 0 heterocycles. The average molecular weight is 165 g/mol. The second-order valence-electron chi connectivity index (χ2n) is 4.38. The first-order valence-corrected chi connectivity index (χ1v) is 5.28. The van der Waals surface area contributed by atoms with Crippen LogP contribution in [0.1, 0.15) is 44.9 Å². The van der Waals surface area contributed by atoms with Crippen LogP contribution < -0.4 is 5.73 Å². The molecule has 2 fully saturated rings. The average Bonchev–Trinajstić information content (AvgIpc) is 2.87. The molecule has 1 nitrogen and oxygen atoms in total. The van der Waals surface area contributed by atoms with E-state index in [1.54, 1.807) is 5.57 Å². The predicted molar refractivity (Wildman–Crippen MR) is 51.9 cm³/mol. The van der Waals surface area contributed by atoms with E-state index in [9.17, 15) is 0 Å². The van der Waals surface area contributed by atoms with Gasteiger partial charge in [-0.3, -0.25) is 0 Å². The van der Waals surface area contributed by atoms with E-state index >= 15 is 0 Å². The van der Waals surface area contributed by atoms with Crippen molar-refractivity contribution in [3.63, 3.8) is 0 Å². The highest BCUT2D eigenvalue weighted by atomic mass is 14.6. The van der Waals surface area contributed by atoms with Crippen LogP contribution in [0.25, 0.3) is 0 Å². The summed E-state index contributed by atoms with van der Waals surface area (Å²) in [5.74, 6) is 1.05. The van der Waals surface area contributed by atoms with Crippen LogP contribution in [0.5, 0.6) is 0 Å². The molecule has 0 saturated heterocycles. The molecule has 0 spiro atoms. The quantitative estimate of drug-likeness (QED) is 0.625. The molecule has 2 saturated carbocycles. The van der Waals surface area contributed by atoms with E-state index in [1.165, 1.54) is 44.9 Å². The van der Waals surface area contributed by atoms with Crippen molar-refractivity contribution in [3.05, 3.63) is 11.6 Å². The maximum atomic E-state index is 5.84. The van der Waals surface area contributed by atoms with Gasteiger partial charge in [-0.2, -0.15) is 0 Å². The van der Waals surface area contributed by atoms with Crippen molar-refractivity contribution in [2.75, 3.05) is 0 Å². The van der Waals surface area contributed by atoms with Crippen LogP contribution in [0.3, 0.4) is 0 Å². The summed E-state index contributed by atoms with van der Waals surface area (Å²) in [4.78, 5) is 0. The minimum absolute atomic E-state index is 0.489. The molecule has 2 aliphatic carbocycles. The molecule has 0 aromatic rings. The third-order valence-electron chi connectivity index (χ3n) is 3.11. The third kappa shape index (κ3) is 2.34. The summed E-state index contributed by atoms with van der Waals surface area (Å²) >= 11 is 0. The van der Waals surface area contributed by atoms with Gasteiger partial charge in [0.2, 0.25) is 0 Å². The number of hydrogen-bond donors (Lipinski definition) is 1. The Kier molecular flexibility index (Phi) is 2.50. The highest BCUT2D eigenvalue weighted by molar-refractivity contribution is 5.07. The Morgan fingerprint density at radius 3 is 2.42 bits per heavy atom. The van der Waals surface area contributed by atoms with Gasteiger partial charge in [0.05, 0.1) is 0 Å². The third-order valence-corrected chi connectivity index (χ3v) is 3.11. The van der Waals surface area contributed by atoms with Crippen LogP contribution in [0.15, 0.2) is 11.6 Å². The fourth-order valence-corrected chi connectivity index (χ4v) is 1.90. The SMILES string of the molecule is NC1CCC(=CCC2CC2)CC1. The molecule has 2 rings (SSSR count). The van der Waals surface area contributed by atoms with E-state index in [4.69, 9.17) is 5.73 Å². The smallest absolute Gasteiger partial charge is 0.00449 e. The predicted octanol–water partition coefficient (Wildman–Crippen LogP) is 2.61. The van der Waals surface area contributed by atoms with Crippen molar-refractivity contribution in [3.8, 4) is 0 Å². The maximum absolute atomic E-state index is 5.84. The standard InChI is InChI=1S/C11H19N/c12-11-7-5-10(6-8-11)4-3-9-1-2-9/h4,9,11H,1-3,5-8,12H2. The first kappa shape index (κ1) is 8.31. The van der Waals surface area contributed by atoms with E-state index in [0.717, 1.165) is 5.92 Å². The Bertz CT molecular complexity index is 169. The molecule has 0 unspecified atom stereocenters. The van der Waals surface area contributed by atoms with Crippen LogP contribution in [-0.4, -0.2) is 6.04 Å². The first-order chi connectivity index (χ1) is 5.84. The lowest BCUT2D eigenvalue weighted by atomic mass is 9.90. The fourth-order valence-electron chi connectivity index (χ4n) is 1.90. The molecule has 0 bridgehead atoms. The lowest BCUT2D eigenvalue weighted by Gasteiger charge is -2.20. The molecular weight excluding hydrogens is 146 g/mol. The van der Waals surface area contributed by atoms with E-state index < -0.39 is 0 Å². The summed E-state index contributed by atoms with van der Waals surface area (Å²) in [5.41, 5.74) is 7.52. The van der Waals surface area contributed by atoms with Gasteiger partial charge in [0.1, 0.15) is 0 Å². The van der Waals surface area contributed by atoms with Gasteiger partial charge in [-0.1, -0.05) is 11.6 Å². The molecule has 0 aliphatic heterocycles. The van der Waals surface area contributed by atoms with Crippen LogP contribution >= 0.6 is 0 Å². The number of hydrogen-bond acceptors (Lipinski definition) is 1. The summed E-state index contributed by atoms with van der Waals surface area (Å²) < 4.78 is 0. The van der Waals surface area contributed by atoms with E-state index in [0.29, 0.717) is 6.04 Å². The van der Waals surface area contributed by atoms with E-state index in [1.807, 2.05) is 0 Å². The second-order valence-corrected chi connectivity index (χ2v) is 4.38. The maximum Gasteiger partial charge on any atom is 0.00449 e. The van der Waals surface area contributed by atoms with Crippen molar-refractivity contribution >= 4 is 0 Å². The lowest BCUT2D eigenvalue weighted by molar-refractivity contribution is 0.509. The molecule has 2 N–H and O–H groups in total. The number of nitrogens with two attached hydrogens (primary N) is 1. The Morgan fingerprint density at radius 1 is 1.17 bits per heavy atom. The van der Waals surface area contributed by atoms with Gasteiger partial charge in [0, 0.05) is 6.04 Å². The molecule has 0 aromatic heterocycles. The van der Waals surface area contributed by atoms with Gasteiger partial charge < -0.3 is 5.73 Å². The highest BCUT2D eigenvalue weighted by Crippen LogP contribution is 2.34. The van der Waals surface area contributed by atoms with Gasteiger partial charge >= 0.3 is 0 Å². The minimum Gasteiger partial charge on any atom is -0.328 e. The van der Waals surface area contributed by atoms with E-state index in [2.05, 4.69) is 6.08 Å². The minimum atomic E-state index is 0.489. The summed E-state index contributed by atoms with van der Waals surface area (Å²) in [5, 5.41) is 0. The molecule has 0 aromatic carbocycles. The van der Waals surface area contributed by atoms with Gasteiger partial charge in [-0.25, -0.2) is 0 Å². The van der Waals surface area contributed by atoms with E-state index in [-0.39, 0.29) is 0 Å². The summed E-state index contributed by atoms with van der Waals surface area (Å²) in [6, 6.07) is 0.489. The Labute approximate surface area is 75.0 Å². The zero-order valence-electron chi connectivity index (χ0n) is 7.76. The highest BCUT2D eigenvalue weighted by Gasteiger charge is 2.20. The van der Waals surface area contributed by atoms with Crippen LogP contribution in [0.4, 0.5) is 0 Å². The summed E-state index contributed by atoms with van der Waals surface area (Å²) in [6.45, 7) is 0. The van der Waals surface area contributed by atoms with Gasteiger partial charge in [0.15, 0.2) is 0 Å². The van der Waals surface area contributed by atoms with Crippen LogP contribution in [0, 0.1) is 5.92 Å². The monoisotopic (exact) mass is 165 g/mol. The Morgan fingerprint density at radius 2 is 1.83 bits per heavy atom.